The van der Waals surface area contributed by atoms with Crippen molar-refractivity contribution < 1.29 is 47.6 Å². The molecule has 5 atom stereocenters. The highest BCUT2D eigenvalue weighted by molar-refractivity contribution is 9.10. The summed E-state index contributed by atoms with van der Waals surface area (Å²) < 4.78 is 36.8. The van der Waals surface area contributed by atoms with Crippen LogP contribution in [0.4, 0.5) is 0 Å². The van der Waals surface area contributed by atoms with Crippen molar-refractivity contribution >= 4 is 42.7 Å². The number of phosphoric acid groups is 2. The maximum absolute atomic E-state index is 11.8. The molecule has 0 bridgehead atoms. The van der Waals surface area contributed by atoms with Gasteiger partial charge in [-0.25, -0.2) is 19.1 Å². The third-order valence-electron chi connectivity index (χ3n) is 3.64. The zero-order valence-corrected chi connectivity index (χ0v) is 16.8. The fraction of sp³-hybridized carbons (Fsp3) is 0.500. The second kappa shape index (κ2) is 7.66. The van der Waals surface area contributed by atoms with Gasteiger partial charge in [0.15, 0.2) is 22.1 Å². The van der Waals surface area contributed by atoms with E-state index < -0.39 is 52.4 Å². The number of hydrogen-bond donors (Lipinski definition) is 6. The lowest BCUT2D eigenvalue weighted by Gasteiger charge is -2.18. The molecule has 0 saturated carbocycles. The van der Waals surface area contributed by atoms with Crippen LogP contribution in [0.15, 0.2) is 15.9 Å². The van der Waals surface area contributed by atoms with Gasteiger partial charge in [0.05, 0.1) is 12.9 Å². The fourth-order valence-corrected chi connectivity index (χ4v) is 4.67. The molecule has 3 rings (SSSR count). The van der Waals surface area contributed by atoms with E-state index in [4.69, 9.17) is 14.5 Å². The third kappa shape index (κ3) is 4.42. The largest absolute Gasteiger partial charge is 0.481 e. The number of nitrogens with one attached hydrogen (secondary N) is 1. The first-order chi connectivity index (χ1) is 12.9. The standard InChI is InChI=1S/C10H13BrN4O11P2/c11-10-14-4-7(12-2-13-8(4)18)15(10)9-6(17)5(16)3(25-9)1-24-28(22,23)26-27(19,20)21/h2-3,5-6,9,16-17H,1H2,(H,22,23)(H,12,13,18)(H2,19,20,21)/t3-,5-,6-,9-/m0/s1. The van der Waals surface area contributed by atoms with Gasteiger partial charge in [0.25, 0.3) is 5.56 Å². The number of aliphatic hydroxyl groups excluding tert-OH is 2. The second-order valence-electron chi connectivity index (χ2n) is 5.54. The van der Waals surface area contributed by atoms with Gasteiger partial charge in [0.1, 0.15) is 18.3 Å². The van der Waals surface area contributed by atoms with Crippen LogP contribution in [-0.2, 0) is 22.7 Å². The fourth-order valence-electron chi connectivity index (χ4n) is 2.52. The first kappa shape index (κ1) is 21.7. The molecule has 1 fully saturated rings. The van der Waals surface area contributed by atoms with Crippen molar-refractivity contribution in [3.05, 3.63) is 21.4 Å². The highest BCUT2D eigenvalue weighted by atomic mass is 79.9. The first-order valence-electron chi connectivity index (χ1n) is 7.26. The second-order valence-corrected chi connectivity index (χ2v) is 9.08. The molecule has 0 spiro atoms. The Bertz CT molecular complexity index is 1040. The number of phosphoric ester groups is 1. The number of ether oxygens (including phenoxy) is 1. The Hall–Kier alpha value is -1.03. The summed E-state index contributed by atoms with van der Waals surface area (Å²) in [5.41, 5.74) is -0.617. The van der Waals surface area contributed by atoms with Gasteiger partial charge in [-0.05, 0) is 15.9 Å². The minimum absolute atomic E-state index is 0.0195. The topological polar surface area (TPSA) is 227 Å². The lowest BCUT2D eigenvalue weighted by molar-refractivity contribution is -0.0513. The summed E-state index contributed by atoms with van der Waals surface area (Å²) >= 11 is 3.09. The van der Waals surface area contributed by atoms with Gasteiger partial charge in [-0.3, -0.25) is 13.9 Å². The normalized spacial score (nSPS) is 27.9. The summed E-state index contributed by atoms with van der Waals surface area (Å²) in [7, 11) is -10.5. The monoisotopic (exact) mass is 506 g/mol. The van der Waals surface area contributed by atoms with E-state index in [2.05, 4.69) is 39.7 Å². The summed E-state index contributed by atoms with van der Waals surface area (Å²) in [4.78, 5) is 48.4. The average Bonchev–Trinajstić information content (AvgIpc) is 3.02. The minimum atomic E-state index is -5.32. The van der Waals surface area contributed by atoms with Crippen molar-refractivity contribution in [1.82, 2.24) is 19.5 Å². The molecule has 2 aromatic heterocycles. The van der Waals surface area contributed by atoms with E-state index >= 15 is 0 Å². The van der Waals surface area contributed by atoms with Crippen LogP contribution in [0.25, 0.3) is 11.2 Å². The Labute approximate surface area is 162 Å². The summed E-state index contributed by atoms with van der Waals surface area (Å²) in [5, 5.41) is 20.4. The molecule has 1 unspecified atom stereocenters. The number of aromatic amines is 1. The minimum Gasteiger partial charge on any atom is -0.387 e. The smallest absolute Gasteiger partial charge is 0.387 e. The number of nitrogens with zero attached hydrogens (tertiary/aromatic N) is 3. The molecule has 0 amide bonds. The molecule has 0 radical (unpaired) electrons. The molecule has 0 aliphatic carbocycles. The van der Waals surface area contributed by atoms with E-state index in [9.17, 15) is 29.0 Å². The Kier molecular flexibility index (Phi) is 5.93. The number of aromatic nitrogens is 4. The average molecular weight is 507 g/mol. The molecule has 15 nitrogen and oxygen atoms in total. The Balaban J connectivity index is 1.81. The molecule has 156 valence electrons. The van der Waals surface area contributed by atoms with E-state index in [0.29, 0.717) is 0 Å². The van der Waals surface area contributed by atoms with Gasteiger partial charge >= 0.3 is 15.6 Å². The summed E-state index contributed by atoms with van der Waals surface area (Å²) in [6, 6.07) is 0. The van der Waals surface area contributed by atoms with E-state index in [-0.39, 0.29) is 15.9 Å². The highest BCUT2D eigenvalue weighted by Gasteiger charge is 2.46. The molecule has 28 heavy (non-hydrogen) atoms. The molecule has 0 aromatic carbocycles. The predicted octanol–water partition coefficient (Wildman–Crippen LogP) is -1.27. The Morgan fingerprint density at radius 3 is 2.61 bits per heavy atom. The van der Waals surface area contributed by atoms with Gasteiger partial charge in [0, 0.05) is 0 Å². The molecular weight excluding hydrogens is 494 g/mol. The molecule has 18 heteroatoms. The number of halogens is 1. The van der Waals surface area contributed by atoms with Crippen LogP contribution in [-0.4, -0.2) is 69.3 Å². The van der Waals surface area contributed by atoms with Crippen molar-refractivity contribution in [2.24, 2.45) is 0 Å². The zero-order chi connectivity index (χ0) is 20.9. The van der Waals surface area contributed by atoms with Crippen molar-refractivity contribution in [2.45, 2.75) is 24.5 Å². The molecule has 3 heterocycles. The summed E-state index contributed by atoms with van der Waals surface area (Å²) in [6.45, 7) is -0.860. The van der Waals surface area contributed by atoms with Crippen molar-refractivity contribution in [3.63, 3.8) is 0 Å². The van der Waals surface area contributed by atoms with Crippen LogP contribution >= 0.6 is 31.6 Å². The number of hydrogen-bond acceptors (Lipinski definition) is 10. The van der Waals surface area contributed by atoms with Crippen LogP contribution in [0.5, 0.6) is 0 Å². The number of rotatable bonds is 6. The van der Waals surface area contributed by atoms with Gasteiger partial charge in [-0.15, -0.1) is 0 Å². The number of H-pyrrole nitrogens is 1. The van der Waals surface area contributed by atoms with Crippen LogP contribution in [0.2, 0.25) is 0 Å². The quantitative estimate of drug-likeness (QED) is 0.198. The van der Waals surface area contributed by atoms with Gasteiger partial charge < -0.3 is 34.6 Å². The number of imidazole rings is 1. The summed E-state index contributed by atoms with van der Waals surface area (Å²) in [5.74, 6) is 0. The highest BCUT2D eigenvalue weighted by Crippen LogP contribution is 2.57. The zero-order valence-electron chi connectivity index (χ0n) is 13.4. The molecular formula is C10H13BrN4O11P2. The summed E-state index contributed by atoms with van der Waals surface area (Å²) in [6.07, 6.45) is -4.85. The lowest BCUT2D eigenvalue weighted by Crippen LogP contribution is -2.33. The number of aliphatic hydroxyl groups is 2. The molecule has 1 aliphatic rings. The molecule has 6 N–H and O–H groups in total. The maximum Gasteiger partial charge on any atom is 0.481 e. The third-order valence-corrected chi connectivity index (χ3v) is 6.35. The van der Waals surface area contributed by atoms with Crippen molar-refractivity contribution in [1.29, 1.82) is 0 Å². The first-order valence-corrected chi connectivity index (χ1v) is 11.1. The molecule has 2 aromatic rings. The van der Waals surface area contributed by atoms with Crippen LogP contribution in [0, 0.1) is 0 Å². The van der Waals surface area contributed by atoms with Gasteiger partial charge in [-0.2, -0.15) is 4.31 Å². The molecule has 1 aliphatic heterocycles. The van der Waals surface area contributed by atoms with Crippen molar-refractivity contribution in [3.8, 4) is 0 Å². The van der Waals surface area contributed by atoms with Gasteiger partial charge in [0.2, 0.25) is 0 Å². The van der Waals surface area contributed by atoms with Crippen LogP contribution in [0.3, 0.4) is 0 Å². The Morgan fingerprint density at radius 1 is 1.29 bits per heavy atom. The maximum atomic E-state index is 11.8. The lowest BCUT2D eigenvalue weighted by atomic mass is 10.1. The van der Waals surface area contributed by atoms with E-state index in [1.54, 1.807) is 0 Å². The predicted molar refractivity (Wildman–Crippen MR) is 90.7 cm³/mol. The van der Waals surface area contributed by atoms with E-state index in [1.165, 1.54) is 4.57 Å². The van der Waals surface area contributed by atoms with Gasteiger partial charge in [-0.1, -0.05) is 0 Å². The Morgan fingerprint density at radius 2 is 1.96 bits per heavy atom. The van der Waals surface area contributed by atoms with E-state index in [0.717, 1.165) is 6.33 Å². The van der Waals surface area contributed by atoms with Crippen LogP contribution < -0.4 is 5.56 Å². The van der Waals surface area contributed by atoms with E-state index in [1.807, 2.05) is 0 Å². The SMILES string of the molecule is O=c1[nH]cnc2c1nc(Br)n2[C@H]1O[C@@H](COP(=O)(O)OP(=O)(O)O)[C@H](O)[C@@H]1O. The molecule has 1 saturated heterocycles. The van der Waals surface area contributed by atoms with Crippen molar-refractivity contribution in [2.75, 3.05) is 6.61 Å². The van der Waals surface area contributed by atoms with Crippen LogP contribution in [0.1, 0.15) is 6.23 Å². The number of fused-ring (bicyclic) bond motifs is 1.